The number of nitrogens with one attached hydrogen (secondary N) is 1. The lowest BCUT2D eigenvalue weighted by Crippen LogP contribution is -2.39. The minimum absolute atomic E-state index is 0.277. The second-order valence-corrected chi connectivity index (χ2v) is 4.73. The fraction of sp³-hybridized carbons (Fsp3) is 0.692. The number of hydrogen-bond acceptors (Lipinski definition) is 6. The van der Waals surface area contributed by atoms with Crippen molar-refractivity contribution >= 4 is 11.9 Å². The number of hydroxylamine groups is 1. The fourth-order valence-electron chi connectivity index (χ4n) is 1.83. The average Bonchev–Trinajstić information content (AvgIpc) is 2.70. The summed E-state index contributed by atoms with van der Waals surface area (Å²) in [6.07, 6.45) is 2.93. The van der Waals surface area contributed by atoms with Crippen molar-refractivity contribution in [1.29, 1.82) is 0 Å². The third-order valence-corrected chi connectivity index (χ3v) is 2.66. The van der Waals surface area contributed by atoms with Gasteiger partial charge < -0.3 is 14.2 Å². The summed E-state index contributed by atoms with van der Waals surface area (Å²) < 4.78 is 15.7. The monoisotopic (exact) mass is 287 g/mol. The van der Waals surface area contributed by atoms with Gasteiger partial charge in [0.05, 0.1) is 14.2 Å². The van der Waals surface area contributed by atoms with Gasteiger partial charge in [-0.15, -0.1) is 0 Å². The minimum atomic E-state index is -0.854. The van der Waals surface area contributed by atoms with Crippen molar-refractivity contribution in [1.82, 2.24) is 5.48 Å². The Kier molecular flexibility index (Phi) is 6.12. The summed E-state index contributed by atoms with van der Waals surface area (Å²) in [6.45, 7) is 3.45. The van der Waals surface area contributed by atoms with E-state index in [-0.39, 0.29) is 12.4 Å². The van der Waals surface area contributed by atoms with Crippen molar-refractivity contribution in [3.63, 3.8) is 0 Å². The molecule has 7 heteroatoms. The summed E-state index contributed by atoms with van der Waals surface area (Å²) in [5.41, 5.74) is 2.22. The molecule has 1 amide bonds. The van der Waals surface area contributed by atoms with Crippen LogP contribution in [-0.2, 0) is 28.6 Å². The molecule has 0 bridgehead atoms. The van der Waals surface area contributed by atoms with Crippen LogP contribution in [0.1, 0.15) is 26.7 Å². The van der Waals surface area contributed by atoms with Gasteiger partial charge in [0.15, 0.2) is 11.9 Å². The summed E-state index contributed by atoms with van der Waals surface area (Å²) in [5, 5.41) is 0. The molecular formula is C13H21NO6. The molecule has 0 aromatic rings. The van der Waals surface area contributed by atoms with E-state index in [4.69, 9.17) is 9.47 Å². The van der Waals surface area contributed by atoms with Gasteiger partial charge in [-0.25, -0.2) is 5.48 Å². The van der Waals surface area contributed by atoms with Crippen LogP contribution in [0.3, 0.4) is 0 Å². The van der Waals surface area contributed by atoms with Crippen molar-refractivity contribution in [2.45, 2.75) is 44.7 Å². The third-order valence-electron chi connectivity index (χ3n) is 2.66. The standard InChI is InChI=1S/C13H21NO6/c1-13(2)19-9(7-5-6-8-10(15)17-3)11(20-13)12(16)14-18-4/h5,7,9,11H,6,8H2,1-4H3,(H,14,16)/b7-5+/t9-,11-/m0/s1. The zero-order valence-electron chi connectivity index (χ0n) is 12.2. The largest absolute Gasteiger partial charge is 0.469 e. The van der Waals surface area contributed by atoms with Gasteiger partial charge in [-0.05, 0) is 20.3 Å². The first-order valence-corrected chi connectivity index (χ1v) is 6.31. The Hall–Kier alpha value is -1.44. The number of carbonyl (C=O) groups is 2. The number of allylic oxidation sites excluding steroid dienone is 1. The molecule has 0 radical (unpaired) electrons. The van der Waals surface area contributed by atoms with E-state index in [0.717, 1.165) is 0 Å². The van der Waals surface area contributed by atoms with Gasteiger partial charge in [0.2, 0.25) is 0 Å². The first-order chi connectivity index (χ1) is 9.39. The van der Waals surface area contributed by atoms with Crippen LogP contribution in [-0.4, -0.2) is 44.1 Å². The summed E-state index contributed by atoms with van der Waals surface area (Å²) in [4.78, 5) is 27.3. The molecule has 1 fully saturated rings. The molecule has 1 heterocycles. The minimum Gasteiger partial charge on any atom is -0.469 e. The molecule has 2 atom stereocenters. The summed E-state index contributed by atoms with van der Waals surface area (Å²) in [6, 6.07) is 0. The summed E-state index contributed by atoms with van der Waals surface area (Å²) >= 11 is 0. The van der Waals surface area contributed by atoms with Gasteiger partial charge in [-0.2, -0.15) is 0 Å². The van der Waals surface area contributed by atoms with Gasteiger partial charge in [0.25, 0.3) is 5.91 Å². The Balaban J connectivity index is 2.58. The van der Waals surface area contributed by atoms with Gasteiger partial charge >= 0.3 is 5.97 Å². The molecule has 1 aliphatic rings. The number of esters is 1. The number of hydrogen-bond donors (Lipinski definition) is 1. The first kappa shape index (κ1) is 16.6. The van der Waals surface area contributed by atoms with Gasteiger partial charge in [-0.3, -0.25) is 14.4 Å². The lowest BCUT2D eigenvalue weighted by atomic mass is 10.1. The predicted octanol–water partition coefficient (Wildman–Crippen LogP) is 0.693. The number of ether oxygens (including phenoxy) is 3. The van der Waals surface area contributed by atoms with E-state index in [1.165, 1.54) is 14.2 Å². The van der Waals surface area contributed by atoms with E-state index in [9.17, 15) is 9.59 Å². The predicted molar refractivity (Wildman–Crippen MR) is 69.4 cm³/mol. The van der Waals surface area contributed by atoms with Crippen molar-refractivity contribution < 1.29 is 28.6 Å². The normalized spacial score (nSPS) is 24.8. The number of rotatable bonds is 6. The van der Waals surface area contributed by atoms with Crippen LogP contribution in [0.4, 0.5) is 0 Å². The molecule has 0 aromatic carbocycles. The Labute approximate surface area is 118 Å². The first-order valence-electron chi connectivity index (χ1n) is 6.31. The van der Waals surface area contributed by atoms with Crippen molar-refractivity contribution in [2.24, 2.45) is 0 Å². The highest BCUT2D eigenvalue weighted by molar-refractivity contribution is 5.81. The molecule has 1 rings (SSSR count). The van der Waals surface area contributed by atoms with Crippen LogP contribution in [0.15, 0.2) is 12.2 Å². The van der Waals surface area contributed by atoms with Crippen LogP contribution in [0, 0.1) is 0 Å². The van der Waals surface area contributed by atoms with E-state index in [1.54, 1.807) is 26.0 Å². The van der Waals surface area contributed by atoms with E-state index < -0.39 is 23.9 Å². The second-order valence-electron chi connectivity index (χ2n) is 4.73. The summed E-state index contributed by atoms with van der Waals surface area (Å²) in [7, 11) is 2.69. The van der Waals surface area contributed by atoms with Gasteiger partial charge in [0, 0.05) is 6.42 Å². The third kappa shape index (κ3) is 4.92. The topological polar surface area (TPSA) is 83.1 Å². The van der Waals surface area contributed by atoms with Crippen molar-refractivity contribution in [3.05, 3.63) is 12.2 Å². The van der Waals surface area contributed by atoms with Crippen LogP contribution < -0.4 is 5.48 Å². The highest BCUT2D eigenvalue weighted by atomic mass is 16.8. The lowest BCUT2D eigenvalue weighted by Gasteiger charge is -2.16. The molecule has 0 unspecified atom stereocenters. The van der Waals surface area contributed by atoms with Gasteiger partial charge in [0.1, 0.15) is 6.10 Å². The second kappa shape index (κ2) is 7.37. The molecule has 114 valence electrons. The van der Waals surface area contributed by atoms with Crippen LogP contribution in [0.25, 0.3) is 0 Å². The highest BCUT2D eigenvalue weighted by Crippen LogP contribution is 2.29. The Bertz CT molecular complexity index is 379. The van der Waals surface area contributed by atoms with Crippen LogP contribution in [0.5, 0.6) is 0 Å². The summed E-state index contributed by atoms with van der Waals surface area (Å²) in [5.74, 6) is -1.56. The molecule has 1 saturated heterocycles. The molecular weight excluding hydrogens is 266 g/mol. The highest BCUT2D eigenvalue weighted by Gasteiger charge is 2.44. The molecule has 7 nitrogen and oxygen atoms in total. The maximum atomic E-state index is 11.8. The lowest BCUT2D eigenvalue weighted by molar-refractivity contribution is -0.160. The zero-order valence-corrected chi connectivity index (χ0v) is 12.2. The molecule has 0 aliphatic carbocycles. The maximum Gasteiger partial charge on any atom is 0.305 e. The molecule has 0 spiro atoms. The Morgan fingerprint density at radius 2 is 2.00 bits per heavy atom. The number of amides is 1. The average molecular weight is 287 g/mol. The molecule has 0 saturated carbocycles. The van der Waals surface area contributed by atoms with E-state index >= 15 is 0 Å². The van der Waals surface area contributed by atoms with E-state index in [2.05, 4.69) is 15.1 Å². The van der Waals surface area contributed by atoms with Crippen LogP contribution in [0.2, 0.25) is 0 Å². The molecule has 1 aliphatic heterocycles. The van der Waals surface area contributed by atoms with Crippen LogP contribution >= 0.6 is 0 Å². The molecule has 0 aromatic heterocycles. The Morgan fingerprint density at radius 3 is 2.60 bits per heavy atom. The number of carbonyl (C=O) groups excluding carboxylic acids is 2. The Morgan fingerprint density at radius 1 is 1.30 bits per heavy atom. The molecule has 1 N–H and O–H groups in total. The zero-order chi connectivity index (χ0) is 15.2. The van der Waals surface area contributed by atoms with Crippen molar-refractivity contribution in [3.8, 4) is 0 Å². The fourth-order valence-corrected chi connectivity index (χ4v) is 1.83. The van der Waals surface area contributed by atoms with Gasteiger partial charge in [-0.1, -0.05) is 12.2 Å². The smallest absolute Gasteiger partial charge is 0.305 e. The number of methoxy groups -OCH3 is 1. The van der Waals surface area contributed by atoms with Crippen molar-refractivity contribution in [2.75, 3.05) is 14.2 Å². The van der Waals surface area contributed by atoms with E-state index in [1.807, 2.05) is 0 Å². The molecule has 20 heavy (non-hydrogen) atoms. The quantitative estimate of drug-likeness (QED) is 0.440. The SMILES string of the molecule is CONC(=O)[C@H]1OC(C)(C)O[C@H]1/C=C/CCC(=O)OC. The maximum absolute atomic E-state index is 11.8. The van der Waals surface area contributed by atoms with E-state index in [0.29, 0.717) is 6.42 Å².